The molecule has 10 atom stereocenters. The zero-order valence-electron chi connectivity index (χ0n) is 29.0. The van der Waals surface area contributed by atoms with Gasteiger partial charge in [-0.25, -0.2) is 0 Å². The predicted octanol–water partition coefficient (Wildman–Crippen LogP) is 2.91. The van der Waals surface area contributed by atoms with Crippen LogP contribution in [0.5, 0.6) is 0 Å². The Kier molecular flexibility index (Phi) is 6.55. The molecular weight excluding hydrogens is 759 g/mol. The van der Waals surface area contributed by atoms with Crippen LogP contribution in [0.1, 0.15) is 43.4 Å². The van der Waals surface area contributed by atoms with E-state index in [2.05, 4.69) is 11.9 Å². The molecule has 13 nitrogen and oxygen atoms in total. The fraction of sp³-hybridized carbons (Fsp3) is 0.472. The molecule has 2 spiro atoms. The number of nitrogens with zero attached hydrogens (tertiary/aromatic N) is 4. The number of nitrogens with one attached hydrogen (secondary N) is 1. The maximum absolute atomic E-state index is 15.1. The number of aliphatic hydroxyl groups excluding tert-OH is 2. The lowest BCUT2D eigenvalue weighted by Gasteiger charge is -2.58. The fourth-order valence-electron chi connectivity index (χ4n) is 10.8. The van der Waals surface area contributed by atoms with Crippen molar-refractivity contribution < 1.29 is 38.9 Å². The number of amides is 4. The van der Waals surface area contributed by atoms with Gasteiger partial charge >= 0.3 is 5.97 Å². The van der Waals surface area contributed by atoms with Crippen LogP contribution in [-0.2, 0) is 46.0 Å². The summed E-state index contributed by atoms with van der Waals surface area (Å²) in [6.07, 6.45) is -4.29. The van der Waals surface area contributed by atoms with Crippen LogP contribution in [0.25, 0.3) is 0 Å². The minimum atomic E-state index is -1.83. The summed E-state index contributed by atoms with van der Waals surface area (Å²) in [6, 6.07) is 14.1. The van der Waals surface area contributed by atoms with E-state index < -0.39 is 72.5 Å². The molecule has 4 amide bonds. The van der Waals surface area contributed by atoms with E-state index in [-0.39, 0.29) is 36.8 Å². The molecule has 12 rings (SSSR count). The molecule has 0 radical (unpaired) electrons. The molecule has 4 bridgehead atoms. The average Bonchev–Trinajstić information content (AvgIpc) is 3.79. The molecule has 2 aromatic rings. The number of aliphatic hydroxyl groups is 2. The summed E-state index contributed by atoms with van der Waals surface area (Å²) in [7, 11) is 7.93. The molecular formula is C36H35N5O8S4. The zero-order chi connectivity index (χ0) is 37.4. The Labute approximate surface area is 320 Å². The average molecular weight is 794 g/mol. The van der Waals surface area contributed by atoms with Crippen LogP contribution in [0.15, 0.2) is 60.9 Å². The molecule has 53 heavy (non-hydrogen) atoms. The van der Waals surface area contributed by atoms with Crippen molar-refractivity contribution in [2.75, 3.05) is 19.4 Å². The first-order chi connectivity index (χ1) is 25.1. The Morgan fingerprint density at radius 3 is 2.09 bits per heavy atom. The second-order valence-electron chi connectivity index (χ2n) is 15.3. The Hall–Kier alpha value is -3.51. The van der Waals surface area contributed by atoms with Gasteiger partial charge in [0.2, 0.25) is 9.74 Å². The van der Waals surface area contributed by atoms with Gasteiger partial charge in [-0.1, -0.05) is 70.6 Å². The number of benzene rings is 2. The largest absolute Gasteiger partial charge is 0.513 e. The number of piperazine rings is 2. The number of para-hydroxylation sites is 1. The molecule has 1 aliphatic carbocycles. The minimum absolute atomic E-state index is 0.0990. The van der Waals surface area contributed by atoms with Crippen molar-refractivity contribution in [3.8, 4) is 0 Å². The van der Waals surface area contributed by atoms with E-state index >= 15 is 9.59 Å². The minimum Gasteiger partial charge on any atom is -0.513 e. The van der Waals surface area contributed by atoms with E-state index in [1.54, 1.807) is 32.8 Å². The van der Waals surface area contributed by atoms with Gasteiger partial charge in [-0.2, -0.15) is 0 Å². The number of ether oxygens (including phenoxy) is 1. The van der Waals surface area contributed by atoms with E-state index in [0.29, 0.717) is 16.8 Å². The van der Waals surface area contributed by atoms with E-state index in [1.165, 1.54) is 47.1 Å². The highest BCUT2D eigenvalue weighted by atomic mass is 33.1. The number of likely N-dealkylation sites (N-methyl/N-ethyl adjacent to an activating group) is 2. The summed E-state index contributed by atoms with van der Waals surface area (Å²) >= 11 is 0. The van der Waals surface area contributed by atoms with Gasteiger partial charge in [-0.3, -0.25) is 28.9 Å². The number of fused-ring (bicyclic) bond motifs is 11. The molecule has 9 aliphatic heterocycles. The highest BCUT2D eigenvalue weighted by Gasteiger charge is 2.93. The zero-order valence-corrected chi connectivity index (χ0v) is 32.3. The Balaban J connectivity index is 1.34. The van der Waals surface area contributed by atoms with Crippen LogP contribution in [0.2, 0.25) is 0 Å². The maximum Gasteiger partial charge on any atom is 0.306 e. The molecule has 0 aromatic heterocycles. The molecule has 2 aromatic carbocycles. The Morgan fingerprint density at radius 1 is 0.830 bits per heavy atom. The molecule has 0 saturated carbocycles. The van der Waals surface area contributed by atoms with Gasteiger partial charge in [0.1, 0.15) is 12.3 Å². The summed E-state index contributed by atoms with van der Waals surface area (Å²) in [5, 5.41) is 27.2. The van der Waals surface area contributed by atoms with Crippen LogP contribution in [-0.4, -0.2) is 117 Å². The highest BCUT2D eigenvalue weighted by Crippen LogP contribution is 2.79. The van der Waals surface area contributed by atoms with Gasteiger partial charge in [0.05, 0.1) is 29.1 Å². The number of carbonyl (C=O) groups excluding carboxylic acids is 5. The fourth-order valence-corrected chi connectivity index (χ4v) is 18.0. The van der Waals surface area contributed by atoms with Gasteiger partial charge in [-0.15, -0.1) is 0 Å². The van der Waals surface area contributed by atoms with Crippen molar-refractivity contribution in [1.82, 2.24) is 19.6 Å². The molecule has 276 valence electrons. The molecule has 10 aliphatic rings. The van der Waals surface area contributed by atoms with Crippen LogP contribution < -0.4 is 5.32 Å². The predicted molar refractivity (Wildman–Crippen MR) is 200 cm³/mol. The Morgan fingerprint density at radius 2 is 1.42 bits per heavy atom. The molecule has 0 unspecified atom stereocenters. The van der Waals surface area contributed by atoms with Crippen molar-refractivity contribution >= 4 is 78.5 Å². The van der Waals surface area contributed by atoms with Gasteiger partial charge in [0.25, 0.3) is 23.6 Å². The van der Waals surface area contributed by atoms with Crippen LogP contribution in [0.3, 0.4) is 0 Å². The summed E-state index contributed by atoms with van der Waals surface area (Å²) in [5.74, 6) is -2.56. The number of hydrogen-bond acceptors (Lipinski definition) is 13. The first-order valence-electron chi connectivity index (χ1n) is 17.3. The highest BCUT2D eigenvalue weighted by molar-refractivity contribution is 8.78. The van der Waals surface area contributed by atoms with Gasteiger partial charge < -0.3 is 35.0 Å². The molecule has 9 heterocycles. The van der Waals surface area contributed by atoms with Crippen molar-refractivity contribution in [3.63, 3.8) is 0 Å². The first kappa shape index (κ1) is 34.0. The third kappa shape index (κ3) is 3.29. The van der Waals surface area contributed by atoms with Gasteiger partial charge in [0.15, 0.2) is 15.8 Å². The number of carbonyl (C=O) groups is 5. The van der Waals surface area contributed by atoms with Crippen molar-refractivity contribution in [3.05, 3.63) is 77.6 Å². The normalized spacial score (nSPS) is 42.3. The van der Waals surface area contributed by atoms with E-state index in [1.807, 2.05) is 48.5 Å². The summed E-state index contributed by atoms with van der Waals surface area (Å²) in [4.78, 5) is 73.9. The second kappa shape index (κ2) is 10.2. The van der Waals surface area contributed by atoms with Gasteiger partial charge in [-0.05, 0) is 64.6 Å². The number of rotatable bonds is 5. The summed E-state index contributed by atoms with van der Waals surface area (Å²) in [6.45, 7) is 6.94. The lowest BCUT2D eigenvalue weighted by Crippen LogP contribution is -2.77. The van der Waals surface area contributed by atoms with Crippen LogP contribution in [0.4, 0.5) is 5.69 Å². The quantitative estimate of drug-likeness (QED) is 0.231. The van der Waals surface area contributed by atoms with Crippen LogP contribution in [0, 0.1) is 0 Å². The van der Waals surface area contributed by atoms with E-state index in [0.717, 1.165) is 16.4 Å². The number of hydrogen-bond donors (Lipinski definition) is 3. The van der Waals surface area contributed by atoms with Crippen molar-refractivity contribution in [1.29, 1.82) is 0 Å². The molecule has 8 fully saturated rings. The lowest BCUT2D eigenvalue weighted by atomic mass is 9.51. The van der Waals surface area contributed by atoms with Crippen molar-refractivity contribution in [2.24, 2.45) is 0 Å². The first-order valence-corrected chi connectivity index (χ1v) is 21.6. The maximum atomic E-state index is 15.1. The number of anilines is 1. The summed E-state index contributed by atoms with van der Waals surface area (Å²) in [5.41, 5.74) is -0.626. The molecule has 3 N–H and O–H groups in total. The van der Waals surface area contributed by atoms with E-state index in [9.17, 15) is 24.6 Å². The third-order valence-electron chi connectivity index (χ3n) is 13.3. The smallest absolute Gasteiger partial charge is 0.306 e. The summed E-state index contributed by atoms with van der Waals surface area (Å²) < 4.78 is 6.70. The van der Waals surface area contributed by atoms with Crippen LogP contribution >= 0.6 is 43.2 Å². The SMILES string of the molecule is C=C(O)CCC(=O)O[C@H]1[C@]2([C@@]34c5ccccc5C[C@@H]3N3C(=O)[C@]5(C)SS[C@]3(C(=O)N5C)[C@H]4O)c3ccccc3N[C@@H]2N2C(=O)[C@]3(C)SS[C@]12C(=O)N3C. The number of esters is 1. The van der Waals surface area contributed by atoms with Crippen molar-refractivity contribution in [2.45, 2.75) is 87.8 Å². The standard InChI is InChI=1S/C36H35N5O8S4/c1-17(42)14-15-23(43)49-25-34(20-12-8-9-13-21(20)37-26(34)41-28(46)32(3)39(5)30(48)36(25,41)53-51-32)33-19-11-7-6-10-18(19)16-22(33)40-27(45)31(2)38(4)29(47)35(40,24(33)44)52-50-31/h6-13,22,24-26,37,42,44H,1,14-16H2,2-5H3/t22-,24-,25-,26+,31-,32-,33-,34+,35-,36-/m0/s1. The number of allylic oxidation sites excluding steroid dienone is 1. The Bertz CT molecular complexity index is 2160. The molecule has 8 saturated heterocycles. The molecule has 17 heteroatoms. The van der Waals surface area contributed by atoms with Gasteiger partial charge in [0, 0.05) is 26.2 Å². The topological polar surface area (TPSA) is 160 Å². The second-order valence-corrected chi connectivity index (χ2v) is 20.8. The third-order valence-corrected chi connectivity index (χ3v) is 20.7. The monoisotopic (exact) mass is 793 g/mol. The van der Waals surface area contributed by atoms with E-state index in [4.69, 9.17) is 4.74 Å². The lowest BCUT2D eigenvalue weighted by molar-refractivity contribution is -0.172.